The van der Waals surface area contributed by atoms with Crippen LogP contribution in [0.4, 0.5) is 0 Å². The Labute approximate surface area is 179 Å². The summed E-state index contributed by atoms with van der Waals surface area (Å²) in [5.74, 6) is 0. The summed E-state index contributed by atoms with van der Waals surface area (Å²) in [5.41, 5.74) is 1.29. The highest BCUT2D eigenvalue weighted by molar-refractivity contribution is 7.89. The van der Waals surface area contributed by atoms with Gasteiger partial charge >= 0.3 is 0 Å². The molecule has 31 heavy (non-hydrogen) atoms. The van der Waals surface area contributed by atoms with Gasteiger partial charge in [-0.15, -0.1) is 0 Å². The normalized spacial score (nSPS) is 17.7. The summed E-state index contributed by atoms with van der Waals surface area (Å²) in [6.07, 6.45) is 6.40. The average Bonchev–Trinajstić information content (AvgIpc) is 3.35. The van der Waals surface area contributed by atoms with Crippen molar-refractivity contribution in [2.24, 2.45) is 0 Å². The van der Waals surface area contributed by atoms with Crippen LogP contribution in [-0.2, 0) is 10.0 Å². The minimum atomic E-state index is -3.68. The first kappa shape index (κ1) is 19.7. The van der Waals surface area contributed by atoms with Crippen molar-refractivity contribution >= 4 is 20.9 Å². The van der Waals surface area contributed by atoms with Gasteiger partial charge in [0.2, 0.25) is 10.0 Å². The molecular weight excluding hydrogens is 414 g/mol. The van der Waals surface area contributed by atoms with E-state index in [1.165, 1.54) is 10.6 Å². The molecule has 2 aromatic heterocycles. The summed E-state index contributed by atoms with van der Waals surface area (Å²) < 4.78 is 31.2. The smallest absolute Gasteiger partial charge is 0.261 e. The van der Waals surface area contributed by atoms with Gasteiger partial charge in [-0.3, -0.25) is 9.36 Å². The number of nitrogens with zero attached hydrogens (tertiary/aromatic N) is 5. The number of benzene rings is 2. The number of hydrogen-bond acceptors (Lipinski definition) is 5. The van der Waals surface area contributed by atoms with E-state index in [2.05, 4.69) is 10.1 Å². The first-order valence-electron chi connectivity index (χ1n) is 10.1. The van der Waals surface area contributed by atoms with Crippen LogP contribution in [0.1, 0.15) is 18.9 Å². The molecule has 0 aliphatic carbocycles. The lowest BCUT2D eigenvalue weighted by Crippen LogP contribution is -2.42. The van der Waals surface area contributed by atoms with Gasteiger partial charge < -0.3 is 0 Å². The van der Waals surface area contributed by atoms with E-state index in [1.807, 2.05) is 12.1 Å². The van der Waals surface area contributed by atoms with Gasteiger partial charge in [0.1, 0.15) is 0 Å². The van der Waals surface area contributed by atoms with Crippen molar-refractivity contribution in [3.8, 4) is 5.69 Å². The Balaban J connectivity index is 1.42. The molecule has 0 amide bonds. The van der Waals surface area contributed by atoms with Crippen LogP contribution in [0.5, 0.6) is 0 Å². The maximum atomic E-state index is 13.3. The van der Waals surface area contributed by atoms with Crippen molar-refractivity contribution in [2.75, 3.05) is 13.1 Å². The van der Waals surface area contributed by atoms with Gasteiger partial charge in [0.15, 0.2) is 0 Å². The Morgan fingerprint density at radius 3 is 2.58 bits per heavy atom. The summed E-state index contributed by atoms with van der Waals surface area (Å²) in [7, 11) is -3.68. The zero-order valence-corrected chi connectivity index (χ0v) is 17.5. The number of rotatable bonds is 4. The molecule has 1 atom stereocenters. The Morgan fingerprint density at radius 2 is 1.81 bits per heavy atom. The Kier molecular flexibility index (Phi) is 4.91. The third-order valence-corrected chi connectivity index (χ3v) is 7.57. The Bertz CT molecular complexity index is 1380. The van der Waals surface area contributed by atoms with Crippen molar-refractivity contribution in [2.45, 2.75) is 23.8 Å². The maximum Gasteiger partial charge on any atom is 0.261 e. The highest BCUT2D eigenvalue weighted by Crippen LogP contribution is 2.26. The predicted molar refractivity (Wildman–Crippen MR) is 117 cm³/mol. The minimum Gasteiger partial charge on any atom is -0.294 e. The SMILES string of the molecule is O=c1c2ccccc2ncn1C1CCCN(S(=O)(=O)c2ccc(-n3cccn3)cc2)C1. The number of fused-ring (bicyclic) bond motifs is 1. The van der Waals surface area contributed by atoms with Crippen LogP contribution < -0.4 is 5.56 Å². The van der Waals surface area contributed by atoms with E-state index < -0.39 is 10.0 Å². The maximum absolute atomic E-state index is 13.3. The Morgan fingerprint density at radius 1 is 1.00 bits per heavy atom. The van der Waals surface area contributed by atoms with E-state index in [0.29, 0.717) is 23.9 Å². The van der Waals surface area contributed by atoms with E-state index in [9.17, 15) is 13.2 Å². The van der Waals surface area contributed by atoms with Gasteiger partial charge in [0, 0.05) is 25.5 Å². The second kappa shape index (κ2) is 7.75. The molecule has 0 spiro atoms. The summed E-state index contributed by atoms with van der Waals surface area (Å²) in [6, 6.07) is 15.4. The van der Waals surface area contributed by atoms with Gasteiger partial charge in [-0.1, -0.05) is 12.1 Å². The molecule has 1 aliphatic heterocycles. The monoisotopic (exact) mass is 435 g/mol. The highest BCUT2D eigenvalue weighted by Gasteiger charge is 2.31. The third-order valence-electron chi connectivity index (χ3n) is 5.69. The molecule has 5 rings (SSSR count). The van der Waals surface area contributed by atoms with Gasteiger partial charge in [-0.05, 0) is 55.3 Å². The van der Waals surface area contributed by atoms with Gasteiger partial charge in [-0.25, -0.2) is 18.1 Å². The number of aromatic nitrogens is 4. The molecule has 4 aromatic rings. The Hall–Kier alpha value is -3.30. The summed E-state index contributed by atoms with van der Waals surface area (Å²) in [4.78, 5) is 17.6. The molecule has 2 aromatic carbocycles. The minimum absolute atomic E-state index is 0.140. The van der Waals surface area contributed by atoms with E-state index in [4.69, 9.17) is 0 Å². The van der Waals surface area contributed by atoms with E-state index in [0.717, 1.165) is 12.1 Å². The second-order valence-electron chi connectivity index (χ2n) is 7.58. The van der Waals surface area contributed by atoms with Crippen molar-refractivity contribution < 1.29 is 8.42 Å². The van der Waals surface area contributed by atoms with Gasteiger partial charge in [0.05, 0.1) is 33.9 Å². The molecule has 1 saturated heterocycles. The number of para-hydroxylation sites is 1. The molecule has 0 radical (unpaired) electrons. The average molecular weight is 436 g/mol. The van der Waals surface area contributed by atoms with Crippen LogP contribution in [0, 0.1) is 0 Å². The lowest BCUT2D eigenvalue weighted by molar-refractivity contribution is 0.262. The quantitative estimate of drug-likeness (QED) is 0.492. The molecule has 0 bridgehead atoms. The molecule has 1 fully saturated rings. The second-order valence-corrected chi connectivity index (χ2v) is 9.52. The highest BCUT2D eigenvalue weighted by atomic mass is 32.2. The van der Waals surface area contributed by atoms with Crippen LogP contribution in [-0.4, -0.2) is 45.1 Å². The molecule has 1 unspecified atom stereocenters. The predicted octanol–water partition coefficient (Wildman–Crippen LogP) is 2.61. The molecule has 0 N–H and O–H groups in total. The molecule has 158 valence electrons. The summed E-state index contributed by atoms with van der Waals surface area (Å²) >= 11 is 0. The van der Waals surface area contributed by atoms with Crippen molar-refractivity contribution in [3.63, 3.8) is 0 Å². The standard InChI is InChI=1S/C22H21N5O3S/c28-22-20-6-1-2-7-21(20)23-16-26(22)18-5-3-13-25(15-18)31(29,30)19-10-8-17(9-11-19)27-14-4-12-24-27/h1-2,4,6-12,14,16,18H,3,5,13,15H2. The fourth-order valence-electron chi connectivity index (χ4n) is 4.05. The zero-order chi connectivity index (χ0) is 21.4. The topological polar surface area (TPSA) is 90.1 Å². The lowest BCUT2D eigenvalue weighted by Gasteiger charge is -2.32. The fraction of sp³-hybridized carbons (Fsp3) is 0.227. The number of hydrogen-bond donors (Lipinski definition) is 0. The first-order chi connectivity index (χ1) is 15.0. The third kappa shape index (κ3) is 3.55. The van der Waals surface area contributed by atoms with Crippen molar-refractivity contribution in [1.29, 1.82) is 0 Å². The van der Waals surface area contributed by atoms with E-state index in [-0.39, 0.29) is 23.0 Å². The fourth-order valence-corrected chi connectivity index (χ4v) is 5.57. The lowest BCUT2D eigenvalue weighted by atomic mass is 10.1. The van der Waals surface area contributed by atoms with Crippen molar-refractivity contribution in [1.82, 2.24) is 23.6 Å². The van der Waals surface area contributed by atoms with Crippen LogP contribution in [0.25, 0.3) is 16.6 Å². The number of sulfonamides is 1. The molecule has 1 aliphatic rings. The summed E-state index contributed by atoms with van der Waals surface area (Å²) in [6.45, 7) is 0.665. The van der Waals surface area contributed by atoms with Gasteiger partial charge in [0.25, 0.3) is 5.56 Å². The van der Waals surface area contributed by atoms with Crippen LogP contribution >= 0.6 is 0 Å². The van der Waals surface area contributed by atoms with Crippen LogP contribution in [0.2, 0.25) is 0 Å². The first-order valence-corrected chi connectivity index (χ1v) is 11.5. The van der Waals surface area contributed by atoms with Gasteiger partial charge in [-0.2, -0.15) is 9.40 Å². The van der Waals surface area contributed by atoms with E-state index in [1.54, 1.807) is 64.1 Å². The molecule has 9 heteroatoms. The largest absolute Gasteiger partial charge is 0.294 e. The molecular formula is C22H21N5O3S. The molecule has 3 heterocycles. The number of piperidine rings is 1. The molecule has 0 saturated carbocycles. The molecule has 8 nitrogen and oxygen atoms in total. The summed E-state index contributed by atoms with van der Waals surface area (Å²) in [5, 5.41) is 4.70. The van der Waals surface area contributed by atoms with Crippen molar-refractivity contribution in [3.05, 3.63) is 83.7 Å². The van der Waals surface area contributed by atoms with E-state index >= 15 is 0 Å². The van der Waals surface area contributed by atoms with Crippen LogP contribution in [0.3, 0.4) is 0 Å². The zero-order valence-electron chi connectivity index (χ0n) is 16.7. The van der Waals surface area contributed by atoms with Crippen LogP contribution in [0.15, 0.2) is 83.0 Å².